The second kappa shape index (κ2) is 9.26. The van der Waals surface area contributed by atoms with Crippen LogP contribution in [0.1, 0.15) is 28.8 Å². The quantitative estimate of drug-likeness (QED) is 0.558. The van der Waals surface area contributed by atoms with E-state index in [1.165, 1.54) is 17.7 Å². The monoisotopic (exact) mass is 409 g/mol. The highest BCUT2D eigenvalue weighted by atomic mass is 16.6. The van der Waals surface area contributed by atoms with Gasteiger partial charge >= 0.3 is 0 Å². The van der Waals surface area contributed by atoms with Gasteiger partial charge in [-0.15, -0.1) is 0 Å². The largest absolute Gasteiger partial charge is 0.378 e. The highest BCUT2D eigenvalue weighted by Gasteiger charge is 2.28. The summed E-state index contributed by atoms with van der Waals surface area (Å²) in [6.45, 7) is 3.91. The maximum atomic E-state index is 13.3. The second-order valence-corrected chi connectivity index (χ2v) is 7.98. The number of nitro groups is 1. The van der Waals surface area contributed by atoms with E-state index in [1.54, 1.807) is 6.07 Å². The van der Waals surface area contributed by atoms with Crippen LogP contribution < -0.4 is 4.90 Å². The van der Waals surface area contributed by atoms with Crippen LogP contribution in [0.25, 0.3) is 0 Å². The second-order valence-electron chi connectivity index (χ2n) is 7.98. The van der Waals surface area contributed by atoms with E-state index < -0.39 is 4.92 Å². The van der Waals surface area contributed by atoms with Gasteiger partial charge in [-0.3, -0.25) is 14.9 Å². The fourth-order valence-electron chi connectivity index (χ4n) is 4.35. The van der Waals surface area contributed by atoms with Crippen molar-refractivity contribution in [2.24, 2.45) is 5.92 Å². The first-order chi connectivity index (χ1) is 14.6. The van der Waals surface area contributed by atoms with E-state index in [9.17, 15) is 14.9 Å². The standard InChI is InChI=1S/C23H27N3O4/c27-23(25-10-8-19(9-11-25)16-18-4-2-1-3-5-18)21-17-20(26(28)29)6-7-22(21)24-12-14-30-15-13-24/h1-7,17,19H,8-16H2. The number of hydrogen-bond acceptors (Lipinski definition) is 5. The molecule has 0 bridgehead atoms. The lowest BCUT2D eigenvalue weighted by atomic mass is 9.90. The van der Waals surface area contributed by atoms with Crippen molar-refractivity contribution in [2.45, 2.75) is 19.3 Å². The van der Waals surface area contributed by atoms with Crippen LogP contribution in [0.15, 0.2) is 48.5 Å². The molecule has 4 rings (SSSR count). The Hall–Kier alpha value is -2.93. The van der Waals surface area contributed by atoms with E-state index in [-0.39, 0.29) is 11.6 Å². The third-order valence-electron chi connectivity index (χ3n) is 6.04. The van der Waals surface area contributed by atoms with Crippen molar-refractivity contribution in [2.75, 3.05) is 44.3 Å². The molecule has 0 aromatic heterocycles. The number of morpholine rings is 1. The Morgan fingerprint density at radius 1 is 1.03 bits per heavy atom. The van der Waals surface area contributed by atoms with Crippen molar-refractivity contribution in [3.8, 4) is 0 Å². The van der Waals surface area contributed by atoms with Crippen molar-refractivity contribution in [3.05, 3.63) is 69.8 Å². The Morgan fingerprint density at radius 2 is 1.73 bits per heavy atom. The molecule has 2 aromatic carbocycles. The van der Waals surface area contributed by atoms with Crippen molar-refractivity contribution in [1.29, 1.82) is 0 Å². The SMILES string of the molecule is O=C(c1cc([N+](=O)[O-])ccc1N1CCOCC1)N1CCC(Cc2ccccc2)CC1. The average molecular weight is 409 g/mol. The fourth-order valence-corrected chi connectivity index (χ4v) is 4.35. The summed E-state index contributed by atoms with van der Waals surface area (Å²) in [6, 6.07) is 15.1. The van der Waals surface area contributed by atoms with E-state index in [1.807, 2.05) is 11.0 Å². The maximum absolute atomic E-state index is 13.3. The lowest BCUT2D eigenvalue weighted by molar-refractivity contribution is -0.384. The van der Waals surface area contributed by atoms with Gasteiger partial charge in [-0.05, 0) is 36.8 Å². The van der Waals surface area contributed by atoms with Crippen LogP contribution in [0.4, 0.5) is 11.4 Å². The molecule has 2 aliphatic rings. The molecule has 30 heavy (non-hydrogen) atoms. The first-order valence-electron chi connectivity index (χ1n) is 10.6. The van der Waals surface area contributed by atoms with Crippen molar-refractivity contribution < 1.29 is 14.5 Å². The summed E-state index contributed by atoms with van der Waals surface area (Å²) in [6.07, 6.45) is 2.92. The predicted molar refractivity (Wildman–Crippen MR) is 115 cm³/mol. The molecule has 2 aromatic rings. The van der Waals surface area contributed by atoms with Crippen molar-refractivity contribution in [1.82, 2.24) is 4.90 Å². The number of carbonyl (C=O) groups excluding carboxylic acids is 1. The van der Waals surface area contributed by atoms with Crippen LogP contribution in [0.3, 0.4) is 0 Å². The molecule has 7 nitrogen and oxygen atoms in total. The van der Waals surface area contributed by atoms with Crippen molar-refractivity contribution >= 4 is 17.3 Å². The summed E-state index contributed by atoms with van der Waals surface area (Å²) >= 11 is 0. The normalized spacial score (nSPS) is 17.7. The Morgan fingerprint density at radius 3 is 2.40 bits per heavy atom. The molecule has 1 amide bonds. The molecule has 0 aliphatic carbocycles. The van der Waals surface area contributed by atoms with Crippen LogP contribution in [-0.2, 0) is 11.2 Å². The summed E-state index contributed by atoms with van der Waals surface area (Å²) in [5.41, 5.74) is 2.47. The third-order valence-corrected chi connectivity index (χ3v) is 6.04. The third kappa shape index (κ3) is 4.62. The van der Waals surface area contributed by atoms with Gasteiger partial charge in [0.25, 0.3) is 11.6 Å². The number of piperidine rings is 1. The highest BCUT2D eigenvalue weighted by Crippen LogP contribution is 2.29. The zero-order valence-corrected chi connectivity index (χ0v) is 17.0. The van der Waals surface area contributed by atoms with Gasteiger partial charge in [0.15, 0.2) is 0 Å². The predicted octanol–water partition coefficient (Wildman–Crippen LogP) is 3.53. The number of nitro benzene ring substituents is 1. The minimum Gasteiger partial charge on any atom is -0.378 e. The number of nitrogens with zero attached hydrogens (tertiary/aromatic N) is 3. The molecule has 0 radical (unpaired) electrons. The molecule has 0 unspecified atom stereocenters. The first kappa shape index (κ1) is 20.3. The van der Waals surface area contributed by atoms with Gasteiger partial charge in [0.2, 0.25) is 0 Å². The van der Waals surface area contributed by atoms with E-state index in [0.717, 1.165) is 24.9 Å². The van der Waals surface area contributed by atoms with Gasteiger partial charge in [-0.1, -0.05) is 30.3 Å². The Labute approximate surface area is 176 Å². The molecule has 2 heterocycles. The van der Waals surface area contributed by atoms with Crippen LogP contribution in [0.5, 0.6) is 0 Å². The van der Waals surface area contributed by atoms with Gasteiger partial charge in [0.05, 0.1) is 29.4 Å². The molecule has 0 N–H and O–H groups in total. The topological polar surface area (TPSA) is 75.9 Å². The van der Waals surface area contributed by atoms with Crippen LogP contribution in [-0.4, -0.2) is 55.1 Å². The smallest absolute Gasteiger partial charge is 0.270 e. The number of non-ortho nitro benzene ring substituents is 1. The van der Waals surface area contributed by atoms with Gasteiger partial charge < -0.3 is 14.5 Å². The molecule has 0 saturated carbocycles. The van der Waals surface area contributed by atoms with Gasteiger partial charge in [0, 0.05) is 38.3 Å². The molecule has 2 saturated heterocycles. The van der Waals surface area contributed by atoms with E-state index >= 15 is 0 Å². The average Bonchev–Trinajstić information content (AvgIpc) is 2.80. The van der Waals surface area contributed by atoms with Crippen LogP contribution in [0.2, 0.25) is 0 Å². The Kier molecular flexibility index (Phi) is 6.28. The zero-order valence-electron chi connectivity index (χ0n) is 17.0. The highest BCUT2D eigenvalue weighted by molar-refractivity contribution is 6.00. The van der Waals surface area contributed by atoms with E-state index in [0.29, 0.717) is 50.9 Å². The number of anilines is 1. The van der Waals surface area contributed by atoms with Gasteiger partial charge in [-0.2, -0.15) is 0 Å². The minimum atomic E-state index is -0.439. The number of benzene rings is 2. The van der Waals surface area contributed by atoms with Crippen LogP contribution in [0, 0.1) is 16.0 Å². The molecular formula is C23H27N3O4. The lowest BCUT2D eigenvalue weighted by Gasteiger charge is -2.34. The summed E-state index contributed by atoms with van der Waals surface area (Å²) in [5.74, 6) is 0.443. The van der Waals surface area contributed by atoms with E-state index in [2.05, 4.69) is 29.2 Å². The molecule has 0 spiro atoms. The van der Waals surface area contributed by atoms with E-state index in [4.69, 9.17) is 4.74 Å². The molecule has 158 valence electrons. The number of amides is 1. The summed E-state index contributed by atoms with van der Waals surface area (Å²) < 4.78 is 5.42. The lowest BCUT2D eigenvalue weighted by Crippen LogP contribution is -2.41. The minimum absolute atomic E-state index is 0.0469. The number of rotatable bonds is 5. The summed E-state index contributed by atoms with van der Waals surface area (Å²) in [4.78, 5) is 28.2. The van der Waals surface area contributed by atoms with Gasteiger partial charge in [-0.25, -0.2) is 0 Å². The zero-order chi connectivity index (χ0) is 20.9. The van der Waals surface area contributed by atoms with Gasteiger partial charge in [0.1, 0.15) is 0 Å². The van der Waals surface area contributed by atoms with Crippen LogP contribution >= 0.6 is 0 Å². The van der Waals surface area contributed by atoms with Crippen molar-refractivity contribution in [3.63, 3.8) is 0 Å². The fraction of sp³-hybridized carbons (Fsp3) is 0.435. The first-order valence-corrected chi connectivity index (χ1v) is 10.6. The number of carbonyl (C=O) groups is 1. The Bertz CT molecular complexity index is 889. The number of hydrogen-bond donors (Lipinski definition) is 0. The molecular weight excluding hydrogens is 382 g/mol. The molecule has 2 fully saturated rings. The molecule has 2 aliphatic heterocycles. The molecule has 0 atom stereocenters. The Balaban J connectivity index is 1.48. The number of likely N-dealkylation sites (tertiary alicyclic amines) is 1. The number of ether oxygens (including phenoxy) is 1. The molecule has 7 heteroatoms. The summed E-state index contributed by atoms with van der Waals surface area (Å²) in [5, 5.41) is 11.3. The summed E-state index contributed by atoms with van der Waals surface area (Å²) in [7, 11) is 0. The maximum Gasteiger partial charge on any atom is 0.270 e.